The molecule has 0 aliphatic carbocycles. The van der Waals surface area contributed by atoms with Gasteiger partial charge in [0.2, 0.25) is 5.91 Å². The lowest BCUT2D eigenvalue weighted by Crippen LogP contribution is -2.27. The van der Waals surface area contributed by atoms with Crippen molar-refractivity contribution >= 4 is 21.8 Å². The van der Waals surface area contributed by atoms with Crippen LogP contribution in [0.5, 0.6) is 5.75 Å². The molecule has 0 saturated heterocycles. The number of phenols is 1. The lowest BCUT2D eigenvalue weighted by molar-refractivity contribution is -0.120. The molecule has 0 unspecified atom stereocenters. The molecule has 0 heterocycles. The molecular weight excluding hydrogens is 337 g/mol. The predicted octanol–water partition coefficient (Wildman–Crippen LogP) is 3.20. The Hall–Kier alpha value is -1.88. The number of halogens is 2. The third kappa shape index (κ3) is 4.86. The number of rotatable bonds is 5. The van der Waals surface area contributed by atoms with Gasteiger partial charge in [0.25, 0.3) is 0 Å². The Morgan fingerprint density at radius 1 is 1.19 bits per heavy atom. The summed E-state index contributed by atoms with van der Waals surface area (Å²) >= 11 is 3.26. The van der Waals surface area contributed by atoms with Gasteiger partial charge < -0.3 is 10.4 Å². The smallest absolute Gasteiger partial charge is 0.224 e. The summed E-state index contributed by atoms with van der Waals surface area (Å²) in [5.41, 5.74) is 1.38. The van der Waals surface area contributed by atoms with Crippen molar-refractivity contribution in [3.8, 4) is 5.75 Å². The van der Waals surface area contributed by atoms with Gasteiger partial charge in [0, 0.05) is 11.0 Å². The largest absolute Gasteiger partial charge is 0.508 e. The third-order valence-electron chi connectivity index (χ3n) is 3.03. The number of hydrogen-bond acceptors (Lipinski definition) is 2. The quantitative estimate of drug-likeness (QED) is 0.868. The van der Waals surface area contributed by atoms with Crippen molar-refractivity contribution in [1.29, 1.82) is 0 Å². The van der Waals surface area contributed by atoms with E-state index in [4.69, 9.17) is 0 Å². The normalized spacial score (nSPS) is 10.4. The summed E-state index contributed by atoms with van der Waals surface area (Å²) in [5, 5.41) is 11.9. The van der Waals surface area contributed by atoms with Gasteiger partial charge in [0.05, 0.1) is 6.42 Å². The van der Waals surface area contributed by atoms with E-state index in [9.17, 15) is 14.3 Å². The zero-order valence-electron chi connectivity index (χ0n) is 11.3. The van der Waals surface area contributed by atoms with Gasteiger partial charge in [-0.1, -0.05) is 28.1 Å². The molecule has 5 heteroatoms. The van der Waals surface area contributed by atoms with Crippen molar-refractivity contribution in [3.63, 3.8) is 0 Å². The highest BCUT2D eigenvalue weighted by Crippen LogP contribution is 2.16. The first-order chi connectivity index (χ1) is 10.0. The second-order valence-corrected chi connectivity index (χ2v) is 5.59. The van der Waals surface area contributed by atoms with Crippen molar-refractivity contribution in [1.82, 2.24) is 5.32 Å². The van der Waals surface area contributed by atoms with Crippen LogP contribution in [0.2, 0.25) is 0 Å². The second-order valence-electron chi connectivity index (χ2n) is 4.68. The molecule has 21 heavy (non-hydrogen) atoms. The fourth-order valence-corrected chi connectivity index (χ4v) is 2.33. The molecule has 0 radical (unpaired) electrons. The number of aromatic hydroxyl groups is 1. The molecule has 0 aliphatic heterocycles. The Morgan fingerprint density at radius 2 is 1.90 bits per heavy atom. The Morgan fingerprint density at radius 3 is 2.62 bits per heavy atom. The van der Waals surface area contributed by atoms with Gasteiger partial charge >= 0.3 is 0 Å². The third-order valence-corrected chi connectivity index (χ3v) is 3.52. The van der Waals surface area contributed by atoms with Crippen molar-refractivity contribution in [2.24, 2.45) is 0 Å². The SMILES string of the molecule is O=C(Cc1cc(Br)ccc1F)NCCc1ccc(O)cc1. The molecule has 0 atom stereocenters. The Bertz CT molecular complexity index is 629. The first kappa shape index (κ1) is 15.5. The van der Waals surface area contributed by atoms with Crippen molar-refractivity contribution < 1.29 is 14.3 Å². The molecule has 0 spiro atoms. The van der Waals surface area contributed by atoms with Gasteiger partial charge in [0.1, 0.15) is 11.6 Å². The number of nitrogens with one attached hydrogen (secondary N) is 1. The van der Waals surface area contributed by atoms with Crippen LogP contribution in [0.15, 0.2) is 46.9 Å². The second kappa shape index (κ2) is 7.22. The summed E-state index contributed by atoms with van der Waals surface area (Å²) in [6.07, 6.45) is 0.674. The maximum absolute atomic E-state index is 13.5. The molecule has 0 aliphatic rings. The minimum Gasteiger partial charge on any atom is -0.508 e. The number of amides is 1. The summed E-state index contributed by atoms with van der Waals surface area (Å²) < 4.78 is 14.3. The highest BCUT2D eigenvalue weighted by molar-refractivity contribution is 9.10. The number of phenolic OH excluding ortho intramolecular Hbond substituents is 1. The molecule has 0 fully saturated rings. The summed E-state index contributed by atoms with van der Waals surface area (Å²) in [6, 6.07) is 11.4. The summed E-state index contributed by atoms with van der Waals surface area (Å²) in [7, 11) is 0. The summed E-state index contributed by atoms with van der Waals surface area (Å²) in [6.45, 7) is 0.471. The number of benzene rings is 2. The van der Waals surface area contributed by atoms with Crippen LogP contribution in [0.4, 0.5) is 4.39 Å². The maximum Gasteiger partial charge on any atom is 0.224 e. The Kier molecular flexibility index (Phi) is 5.33. The van der Waals surface area contributed by atoms with Crippen LogP contribution in [-0.4, -0.2) is 17.6 Å². The van der Waals surface area contributed by atoms with Crippen LogP contribution in [0, 0.1) is 5.82 Å². The molecule has 0 aromatic heterocycles. The van der Waals surface area contributed by atoms with Gasteiger partial charge in [-0.05, 0) is 47.9 Å². The van der Waals surface area contributed by atoms with Crippen LogP contribution in [0.3, 0.4) is 0 Å². The van der Waals surface area contributed by atoms with Gasteiger partial charge in [-0.15, -0.1) is 0 Å². The lowest BCUT2D eigenvalue weighted by Gasteiger charge is -2.07. The molecule has 1 amide bonds. The summed E-state index contributed by atoms with van der Waals surface area (Å²) in [4.78, 5) is 11.8. The number of carbonyl (C=O) groups is 1. The molecule has 0 bridgehead atoms. The monoisotopic (exact) mass is 351 g/mol. The van der Waals surface area contributed by atoms with Crippen LogP contribution in [0.25, 0.3) is 0 Å². The first-order valence-corrected chi connectivity index (χ1v) is 7.32. The topological polar surface area (TPSA) is 49.3 Å². The van der Waals surface area contributed by atoms with E-state index >= 15 is 0 Å². The van der Waals surface area contributed by atoms with Gasteiger partial charge in [-0.25, -0.2) is 4.39 Å². The zero-order chi connectivity index (χ0) is 15.2. The molecule has 2 rings (SSSR count). The van der Waals surface area contributed by atoms with E-state index in [0.29, 0.717) is 18.5 Å². The average Bonchev–Trinajstić information content (AvgIpc) is 2.45. The molecule has 0 saturated carbocycles. The molecule has 2 aromatic rings. The van der Waals surface area contributed by atoms with Gasteiger partial charge in [-0.3, -0.25) is 4.79 Å². The standard InChI is InChI=1S/C16H15BrFNO2/c17-13-3-6-15(18)12(9-13)10-16(21)19-8-7-11-1-4-14(20)5-2-11/h1-6,9,20H,7-8,10H2,(H,19,21). The minimum atomic E-state index is -0.383. The number of carbonyl (C=O) groups excluding carboxylic acids is 1. The molecule has 2 N–H and O–H groups in total. The van der Waals surface area contributed by atoms with E-state index in [2.05, 4.69) is 21.2 Å². The fraction of sp³-hybridized carbons (Fsp3) is 0.188. The van der Waals surface area contributed by atoms with E-state index in [0.717, 1.165) is 10.0 Å². The Labute approximate surface area is 130 Å². The van der Waals surface area contributed by atoms with Crippen LogP contribution >= 0.6 is 15.9 Å². The van der Waals surface area contributed by atoms with Gasteiger partial charge in [-0.2, -0.15) is 0 Å². The fourth-order valence-electron chi connectivity index (χ4n) is 1.92. The van der Waals surface area contributed by atoms with E-state index in [1.54, 1.807) is 36.4 Å². The predicted molar refractivity (Wildman–Crippen MR) is 82.6 cm³/mol. The molecular formula is C16H15BrFNO2. The van der Waals surface area contributed by atoms with Crippen LogP contribution in [-0.2, 0) is 17.6 Å². The van der Waals surface area contributed by atoms with Crippen LogP contribution in [0.1, 0.15) is 11.1 Å². The zero-order valence-corrected chi connectivity index (χ0v) is 12.9. The van der Waals surface area contributed by atoms with Crippen molar-refractivity contribution in [3.05, 3.63) is 63.9 Å². The lowest BCUT2D eigenvalue weighted by atomic mass is 10.1. The highest BCUT2D eigenvalue weighted by Gasteiger charge is 2.08. The number of hydrogen-bond donors (Lipinski definition) is 2. The van der Waals surface area contributed by atoms with E-state index in [-0.39, 0.29) is 23.9 Å². The average molecular weight is 352 g/mol. The van der Waals surface area contributed by atoms with E-state index in [1.807, 2.05) is 0 Å². The summed E-state index contributed by atoms with van der Waals surface area (Å²) in [5.74, 6) is -0.384. The van der Waals surface area contributed by atoms with Crippen molar-refractivity contribution in [2.75, 3.05) is 6.54 Å². The molecule has 110 valence electrons. The van der Waals surface area contributed by atoms with Gasteiger partial charge in [0.15, 0.2) is 0 Å². The molecule has 2 aromatic carbocycles. The maximum atomic E-state index is 13.5. The molecule has 3 nitrogen and oxygen atoms in total. The van der Waals surface area contributed by atoms with Crippen LogP contribution < -0.4 is 5.32 Å². The first-order valence-electron chi connectivity index (χ1n) is 6.53. The highest BCUT2D eigenvalue weighted by atomic mass is 79.9. The minimum absolute atomic E-state index is 0.0147. The van der Waals surface area contributed by atoms with Crippen molar-refractivity contribution in [2.45, 2.75) is 12.8 Å². The van der Waals surface area contributed by atoms with E-state index in [1.165, 1.54) is 6.07 Å². The van der Waals surface area contributed by atoms with E-state index < -0.39 is 0 Å². The Balaban J connectivity index is 1.82.